The van der Waals surface area contributed by atoms with Crippen molar-refractivity contribution in [3.05, 3.63) is 12.2 Å². The van der Waals surface area contributed by atoms with Gasteiger partial charge in [-0.3, -0.25) is 9.59 Å². The highest BCUT2D eigenvalue weighted by Gasteiger charge is 2.62. The Morgan fingerprint density at radius 3 is 2.81 bits per heavy atom. The molecule has 0 N–H and O–H groups in total. The highest BCUT2D eigenvalue weighted by molar-refractivity contribution is 6.08. The lowest BCUT2D eigenvalue weighted by Gasteiger charge is -2.26. The summed E-state index contributed by atoms with van der Waals surface area (Å²) < 4.78 is 5.06. The third-order valence-corrected chi connectivity index (χ3v) is 4.04. The van der Waals surface area contributed by atoms with Crippen LogP contribution in [0.15, 0.2) is 12.2 Å². The minimum atomic E-state index is -0.829. The molecule has 3 nitrogen and oxygen atoms in total. The van der Waals surface area contributed by atoms with Crippen molar-refractivity contribution in [3.63, 3.8) is 0 Å². The predicted molar refractivity (Wildman–Crippen MR) is 59.7 cm³/mol. The van der Waals surface area contributed by atoms with E-state index < -0.39 is 5.41 Å². The molecule has 2 rings (SSSR count). The maximum atomic E-state index is 12.2. The van der Waals surface area contributed by atoms with Gasteiger partial charge in [0.25, 0.3) is 0 Å². The van der Waals surface area contributed by atoms with Crippen LogP contribution in [-0.4, -0.2) is 18.4 Å². The van der Waals surface area contributed by atoms with Gasteiger partial charge in [0.05, 0.1) is 6.61 Å². The molecule has 16 heavy (non-hydrogen) atoms. The lowest BCUT2D eigenvalue weighted by Crippen LogP contribution is -2.34. The van der Waals surface area contributed by atoms with Crippen LogP contribution in [0.2, 0.25) is 0 Å². The molecule has 0 aromatic heterocycles. The molecule has 0 aliphatic heterocycles. The summed E-state index contributed by atoms with van der Waals surface area (Å²) in [6.07, 6.45) is 2.10. The van der Waals surface area contributed by atoms with E-state index in [1.165, 1.54) is 0 Å². The molecule has 3 heteroatoms. The van der Waals surface area contributed by atoms with Gasteiger partial charge in [-0.15, -0.1) is 0 Å². The summed E-state index contributed by atoms with van der Waals surface area (Å²) >= 11 is 0. The predicted octanol–water partition coefficient (Wildman–Crippen LogP) is 2.11. The van der Waals surface area contributed by atoms with E-state index in [-0.39, 0.29) is 23.6 Å². The Bertz CT molecular complexity index is 358. The quantitative estimate of drug-likeness (QED) is 0.417. The Balaban J connectivity index is 2.27. The van der Waals surface area contributed by atoms with Gasteiger partial charge in [0, 0.05) is 5.92 Å². The van der Waals surface area contributed by atoms with E-state index in [1.807, 2.05) is 6.92 Å². The summed E-state index contributed by atoms with van der Waals surface area (Å²) in [6.45, 7) is 7.98. The van der Waals surface area contributed by atoms with Crippen molar-refractivity contribution in [2.45, 2.75) is 33.1 Å². The number of fused-ring (bicyclic) bond motifs is 2. The van der Waals surface area contributed by atoms with Crippen LogP contribution in [0, 0.1) is 17.3 Å². The third kappa shape index (κ3) is 1.34. The Hall–Kier alpha value is -1.12. The van der Waals surface area contributed by atoms with Crippen molar-refractivity contribution in [3.8, 4) is 0 Å². The Labute approximate surface area is 95.9 Å². The molecular formula is C13H18O3. The Morgan fingerprint density at radius 2 is 2.31 bits per heavy atom. The Kier molecular flexibility index (Phi) is 2.64. The molecule has 0 heterocycles. The fraction of sp³-hybridized carbons (Fsp3) is 0.692. The van der Waals surface area contributed by atoms with E-state index in [4.69, 9.17) is 4.74 Å². The van der Waals surface area contributed by atoms with E-state index in [1.54, 1.807) is 6.92 Å². The highest BCUT2D eigenvalue weighted by atomic mass is 16.5. The highest BCUT2D eigenvalue weighted by Crippen LogP contribution is 2.56. The van der Waals surface area contributed by atoms with Crippen molar-refractivity contribution in [1.82, 2.24) is 0 Å². The number of Topliss-reactive ketones (excluding diaryl/α,β-unsaturated/α-hetero) is 1. The first-order valence-corrected chi connectivity index (χ1v) is 5.90. The fourth-order valence-electron chi connectivity index (χ4n) is 3.19. The average Bonchev–Trinajstić information content (AvgIpc) is 2.71. The van der Waals surface area contributed by atoms with Crippen molar-refractivity contribution < 1.29 is 14.3 Å². The standard InChI is InChI=1S/C13H18O3/c1-4-16-12(15)13-6-5-9(11(13)14)10(7-13)8(2)3/h9-10H,2,4-7H2,1,3H3/t9-,10-,13-/m0/s1. The molecule has 0 radical (unpaired) electrons. The van der Waals surface area contributed by atoms with Crippen molar-refractivity contribution in [2.75, 3.05) is 6.61 Å². The van der Waals surface area contributed by atoms with Crippen LogP contribution in [0.3, 0.4) is 0 Å². The normalized spacial score (nSPS) is 36.5. The van der Waals surface area contributed by atoms with Gasteiger partial charge in [0.1, 0.15) is 5.41 Å². The number of carbonyl (C=O) groups is 2. The number of carbonyl (C=O) groups excluding carboxylic acids is 2. The van der Waals surface area contributed by atoms with Crippen LogP contribution in [-0.2, 0) is 14.3 Å². The second kappa shape index (κ2) is 3.72. The van der Waals surface area contributed by atoms with E-state index in [0.717, 1.165) is 12.0 Å². The molecule has 2 aliphatic rings. The van der Waals surface area contributed by atoms with Gasteiger partial charge in [0.2, 0.25) is 0 Å². The SMILES string of the molecule is C=C(C)[C@@H]1C[C@@]2(C(=O)OCC)CC[C@@H]1C2=O. The number of esters is 1. The van der Waals surface area contributed by atoms with Crippen molar-refractivity contribution >= 4 is 11.8 Å². The molecule has 0 aromatic rings. The van der Waals surface area contributed by atoms with Crippen LogP contribution >= 0.6 is 0 Å². The topological polar surface area (TPSA) is 43.4 Å². The number of rotatable bonds is 3. The van der Waals surface area contributed by atoms with Gasteiger partial charge in [-0.25, -0.2) is 0 Å². The number of hydrogen-bond acceptors (Lipinski definition) is 3. The third-order valence-electron chi connectivity index (χ3n) is 4.04. The van der Waals surface area contributed by atoms with Gasteiger partial charge >= 0.3 is 5.97 Å². The van der Waals surface area contributed by atoms with E-state index >= 15 is 0 Å². The summed E-state index contributed by atoms with van der Waals surface area (Å²) in [5.74, 6) is -0.0160. The number of ketones is 1. The summed E-state index contributed by atoms with van der Waals surface area (Å²) in [5, 5.41) is 0. The summed E-state index contributed by atoms with van der Waals surface area (Å²) in [7, 11) is 0. The zero-order valence-corrected chi connectivity index (χ0v) is 9.91. The van der Waals surface area contributed by atoms with Gasteiger partial charge < -0.3 is 4.74 Å². The summed E-state index contributed by atoms with van der Waals surface area (Å²) in [5.41, 5.74) is 0.189. The lowest BCUT2D eigenvalue weighted by molar-refractivity contribution is -0.158. The molecule has 0 saturated heterocycles. The monoisotopic (exact) mass is 222 g/mol. The van der Waals surface area contributed by atoms with Crippen LogP contribution in [0.25, 0.3) is 0 Å². The maximum Gasteiger partial charge on any atom is 0.319 e. The second-order valence-electron chi connectivity index (χ2n) is 4.97. The number of ether oxygens (including phenoxy) is 1. The van der Waals surface area contributed by atoms with Crippen molar-refractivity contribution in [2.24, 2.45) is 17.3 Å². The maximum absolute atomic E-state index is 12.2. The molecule has 0 spiro atoms. The molecule has 0 unspecified atom stereocenters. The van der Waals surface area contributed by atoms with Crippen LogP contribution in [0.4, 0.5) is 0 Å². The molecular weight excluding hydrogens is 204 g/mol. The zero-order chi connectivity index (χ0) is 11.9. The van der Waals surface area contributed by atoms with Gasteiger partial charge in [-0.1, -0.05) is 12.2 Å². The van der Waals surface area contributed by atoms with E-state index in [0.29, 0.717) is 19.4 Å². The molecule has 3 atom stereocenters. The summed E-state index contributed by atoms with van der Waals surface area (Å²) in [4.78, 5) is 24.1. The van der Waals surface area contributed by atoms with Crippen LogP contribution < -0.4 is 0 Å². The zero-order valence-electron chi connectivity index (χ0n) is 9.91. The van der Waals surface area contributed by atoms with E-state index in [2.05, 4.69) is 6.58 Å². The van der Waals surface area contributed by atoms with Crippen molar-refractivity contribution in [1.29, 1.82) is 0 Å². The van der Waals surface area contributed by atoms with Crippen LogP contribution in [0.1, 0.15) is 33.1 Å². The van der Waals surface area contributed by atoms with Gasteiger partial charge in [-0.05, 0) is 39.0 Å². The average molecular weight is 222 g/mol. The van der Waals surface area contributed by atoms with Crippen LogP contribution in [0.5, 0.6) is 0 Å². The smallest absolute Gasteiger partial charge is 0.319 e. The van der Waals surface area contributed by atoms with Gasteiger partial charge in [-0.2, -0.15) is 0 Å². The Morgan fingerprint density at radius 1 is 1.62 bits per heavy atom. The summed E-state index contributed by atoms with van der Waals surface area (Å²) in [6, 6.07) is 0. The number of allylic oxidation sites excluding steroid dienone is 1. The lowest BCUT2D eigenvalue weighted by atomic mass is 9.78. The molecule has 88 valence electrons. The largest absolute Gasteiger partial charge is 0.465 e. The first-order chi connectivity index (χ1) is 7.53. The first-order valence-electron chi connectivity index (χ1n) is 5.90. The first kappa shape index (κ1) is 11.4. The second-order valence-corrected chi connectivity index (χ2v) is 4.97. The minimum absolute atomic E-state index is 0.0157. The number of hydrogen-bond donors (Lipinski definition) is 0. The molecule has 0 aromatic carbocycles. The fourth-order valence-corrected chi connectivity index (χ4v) is 3.19. The molecule has 2 aliphatic carbocycles. The molecule has 2 saturated carbocycles. The van der Waals surface area contributed by atoms with E-state index in [9.17, 15) is 9.59 Å². The molecule has 2 fully saturated rings. The molecule has 0 amide bonds. The van der Waals surface area contributed by atoms with Gasteiger partial charge in [0.15, 0.2) is 5.78 Å². The molecule has 2 bridgehead atoms. The minimum Gasteiger partial charge on any atom is -0.465 e.